The Hall–Kier alpha value is -1.04. The predicted molar refractivity (Wildman–Crippen MR) is 69.7 cm³/mol. The van der Waals surface area contributed by atoms with Gasteiger partial charge < -0.3 is 4.90 Å². The average molecular weight is 249 g/mol. The van der Waals surface area contributed by atoms with Crippen molar-refractivity contribution in [3.8, 4) is 6.07 Å². The van der Waals surface area contributed by atoms with E-state index >= 15 is 0 Å². The van der Waals surface area contributed by atoms with Gasteiger partial charge in [0.05, 0.1) is 6.07 Å². The molecule has 90 valence electrons. The zero-order valence-corrected chi connectivity index (χ0v) is 10.9. The number of nitriles is 1. The smallest absolute Gasteiger partial charge is 0.0628 e. The van der Waals surface area contributed by atoms with E-state index in [4.69, 9.17) is 16.9 Å². The van der Waals surface area contributed by atoms with Crippen molar-refractivity contribution in [1.82, 2.24) is 4.90 Å². The van der Waals surface area contributed by atoms with Crippen LogP contribution >= 0.6 is 11.6 Å². The van der Waals surface area contributed by atoms with Crippen molar-refractivity contribution >= 4 is 11.6 Å². The van der Waals surface area contributed by atoms with Crippen LogP contribution in [0.25, 0.3) is 0 Å². The Balaban J connectivity index is 1.92. The van der Waals surface area contributed by atoms with Gasteiger partial charge in [0, 0.05) is 24.5 Å². The summed E-state index contributed by atoms with van der Waals surface area (Å²) in [5, 5.41) is 9.62. The molecule has 3 heteroatoms. The van der Waals surface area contributed by atoms with E-state index in [2.05, 4.69) is 24.1 Å². The lowest BCUT2D eigenvalue weighted by Crippen LogP contribution is -2.26. The van der Waals surface area contributed by atoms with Gasteiger partial charge in [0.15, 0.2) is 0 Å². The first-order valence-electron chi connectivity index (χ1n) is 5.94. The van der Waals surface area contributed by atoms with Crippen LogP contribution in [0.1, 0.15) is 24.8 Å². The van der Waals surface area contributed by atoms with Crippen LogP contribution in [0.4, 0.5) is 0 Å². The van der Waals surface area contributed by atoms with Gasteiger partial charge in [-0.2, -0.15) is 5.26 Å². The van der Waals surface area contributed by atoms with E-state index in [1.165, 1.54) is 12.8 Å². The van der Waals surface area contributed by atoms with E-state index in [1.54, 1.807) is 0 Å². The van der Waals surface area contributed by atoms with Gasteiger partial charge in [0.1, 0.15) is 0 Å². The molecule has 1 aliphatic rings. The van der Waals surface area contributed by atoms with E-state index in [1.807, 2.05) is 18.2 Å². The van der Waals surface area contributed by atoms with Crippen molar-refractivity contribution in [1.29, 1.82) is 5.26 Å². The van der Waals surface area contributed by atoms with Crippen LogP contribution in [-0.4, -0.2) is 18.5 Å². The second kappa shape index (κ2) is 5.08. The Morgan fingerprint density at radius 2 is 2.12 bits per heavy atom. The highest BCUT2D eigenvalue weighted by Gasteiger charge is 2.42. The largest absolute Gasteiger partial charge is 0.301 e. The molecule has 2 rings (SSSR count). The number of nitrogens with zero attached hydrogens (tertiary/aromatic N) is 2. The quantitative estimate of drug-likeness (QED) is 0.798. The summed E-state index contributed by atoms with van der Waals surface area (Å²) in [5.41, 5.74) is 1.43. The molecule has 0 saturated heterocycles. The van der Waals surface area contributed by atoms with Gasteiger partial charge in [-0.05, 0) is 36.9 Å². The number of hydrogen-bond acceptors (Lipinski definition) is 2. The molecule has 0 amide bonds. The molecule has 1 aromatic rings. The molecule has 0 spiro atoms. The third-order valence-corrected chi connectivity index (χ3v) is 3.78. The molecular weight excluding hydrogens is 232 g/mol. The van der Waals surface area contributed by atoms with Crippen LogP contribution in [0.15, 0.2) is 24.3 Å². The maximum absolute atomic E-state index is 8.80. The molecule has 0 heterocycles. The molecule has 1 saturated carbocycles. The summed E-state index contributed by atoms with van der Waals surface area (Å²) >= 11 is 6.14. The molecule has 0 unspecified atom stereocenters. The van der Waals surface area contributed by atoms with E-state index in [-0.39, 0.29) is 5.41 Å². The minimum Gasteiger partial charge on any atom is -0.301 e. The summed E-state index contributed by atoms with van der Waals surface area (Å²) in [4.78, 5) is 2.27. The molecule has 0 radical (unpaired) electrons. The van der Waals surface area contributed by atoms with Crippen molar-refractivity contribution in [2.75, 3.05) is 13.6 Å². The van der Waals surface area contributed by atoms with Crippen LogP contribution in [0, 0.1) is 16.7 Å². The van der Waals surface area contributed by atoms with Gasteiger partial charge in [-0.25, -0.2) is 0 Å². The number of benzene rings is 1. The third-order valence-electron chi connectivity index (χ3n) is 3.41. The average Bonchev–Trinajstić information content (AvgIpc) is 3.02. The zero-order chi connectivity index (χ0) is 12.3. The minimum absolute atomic E-state index is 0.269. The van der Waals surface area contributed by atoms with E-state index in [9.17, 15) is 0 Å². The highest BCUT2D eigenvalue weighted by Crippen LogP contribution is 2.49. The molecular formula is C14H17ClN2. The second-order valence-corrected chi connectivity index (χ2v) is 5.51. The maximum Gasteiger partial charge on any atom is 0.0628 e. The molecule has 1 aliphatic carbocycles. The number of hydrogen-bond donors (Lipinski definition) is 0. The fraction of sp³-hybridized carbons (Fsp3) is 0.500. The fourth-order valence-corrected chi connectivity index (χ4v) is 2.48. The van der Waals surface area contributed by atoms with Crippen molar-refractivity contribution in [3.63, 3.8) is 0 Å². The molecule has 0 aliphatic heterocycles. The van der Waals surface area contributed by atoms with Crippen molar-refractivity contribution < 1.29 is 0 Å². The van der Waals surface area contributed by atoms with Crippen molar-refractivity contribution in [3.05, 3.63) is 34.9 Å². The van der Waals surface area contributed by atoms with Gasteiger partial charge in [-0.1, -0.05) is 29.8 Å². The van der Waals surface area contributed by atoms with E-state index in [0.717, 1.165) is 23.7 Å². The summed E-state index contributed by atoms with van der Waals surface area (Å²) in [6.45, 7) is 1.85. The summed E-state index contributed by atoms with van der Waals surface area (Å²) in [5.74, 6) is 0. The Kier molecular flexibility index (Phi) is 3.71. The Labute approximate surface area is 108 Å². The van der Waals surface area contributed by atoms with E-state index in [0.29, 0.717) is 6.42 Å². The molecule has 1 aromatic carbocycles. The van der Waals surface area contributed by atoms with E-state index < -0.39 is 0 Å². The zero-order valence-electron chi connectivity index (χ0n) is 10.1. The van der Waals surface area contributed by atoms with Crippen LogP contribution in [0.2, 0.25) is 5.02 Å². The van der Waals surface area contributed by atoms with Crippen LogP contribution < -0.4 is 0 Å². The van der Waals surface area contributed by atoms with Crippen LogP contribution in [0.3, 0.4) is 0 Å². The molecule has 1 fully saturated rings. The van der Waals surface area contributed by atoms with Crippen molar-refractivity contribution in [2.45, 2.75) is 25.8 Å². The standard InChI is InChI=1S/C14H17ClN2/c1-17(11-14(6-7-14)8-9-16)10-12-4-2-3-5-13(12)15/h2-5H,6-8,10-11H2,1H3. The van der Waals surface area contributed by atoms with Gasteiger partial charge >= 0.3 is 0 Å². The topological polar surface area (TPSA) is 27.0 Å². The number of rotatable bonds is 5. The lowest BCUT2D eigenvalue weighted by atomic mass is 10.0. The summed E-state index contributed by atoms with van der Waals surface area (Å²) in [6, 6.07) is 10.2. The second-order valence-electron chi connectivity index (χ2n) is 5.10. The summed E-state index contributed by atoms with van der Waals surface area (Å²) < 4.78 is 0. The lowest BCUT2D eigenvalue weighted by Gasteiger charge is -2.22. The first-order valence-corrected chi connectivity index (χ1v) is 6.32. The Morgan fingerprint density at radius 1 is 1.41 bits per heavy atom. The monoisotopic (exact) mass is 248 g/mol. The van der Waals surface area contributed by atoms with Crippen LogP contribution in [0.5, 0.6) is 0 Å². The van der Waals surface area contributed by atoms with Gasteiger partial charge in [0.25, 0.3) is 0 Å². The van der Waals surface area contributed by atoms with Gasteiger partial charge in [-0.3, -0.25) is 0 Å². The van der Waals surface area contributed by atoms with Gasteiger partial charge in [0.2, 0.25) is 0 Å². The fourth-order valence-electron chi connectivity index (χ4n) is 2.28. The Bertz CT molecular complexity index is 432. The highest BCUT2D eigenvalue weighted by atomic mass is 35.5. The lowest BCUT2D eigenvalue weighted by molar-refractivity contribution is 0.258. The summed E-state index contributed by atoms with van der Waals surface area (Å²) in [6.07, 6.45) is 3.06. The molecule has 0 bridgehead atoms. The molecule has 0 N–H and O–H groups in total. The van der Waals surface area contributed by atoms with Crippen LogP contribution in [-0.2, 0) is 6.54 Å². The summed E-state index contributed by atoms with van der Waals surface area (Å²) in [7, 11) is 2.10. The highest BCUT2D eigenvalue weighted by molar-refractivity contribution is 6.31. The molecule has 2 nitrogen and oxygen atoms in total. The first-order chi connectivity index (χ1) is 8.15. The molecule has 17 heavy (non-hydrogen) atoms. The minimum atomic E-state index is 0.269. The first kappa shape index (κ1) is 12.4. The normalized spacial score (nSPS) is 16.8. The SMILES string of the molecule is CN(Cc1ccccc1Cl)CC1(CC#N)CC1. The molecule has 0 aromatic heterocycles. The maximum atomic E-state index is 8.80. The van der Waals surface area contributed by atoms with Gasteiger partial charge in [-0.15, -0.1) is 0 Å². The van der Waals surface area contributed by atoms with Crippen molar-refractivity contribution in [2.24, 2.45) is 5.41 Å². The predicted octanol–water partition coefficient (Wildman–Crippen LogP) is 3.47. The third kappa shape index (κ3) is 3.21. The molecule has 0 atom stereocenters. The Morgan fingerprint density at radius 3 is 2.71 bits per heavy atom. The number of halogens is 1.